The van der Waals surface area contributed by atoms with E-state index in [4.69, 9.17) is 0 Å². The van der Waals surface area contributed by atoms with Crippen LogP contribution < -0.4 is 5.32 Å². The predicted molar refractivity (Wildman–Crippen MR) is 82.5 cm³/mol. The first kappa shape index (κ1) is 17.3. The summed E-state index contributed by atoms with van der Waals surface area (Å²) in [6.07, 6.45) is 1.64. The third-order valence-electron chi connectivity index (χ3n) is 4.78. The van der Waals surface area contributed by atoms with Crippen molar-refractivity contribution in [2.45, 2.75) is 38.4 Å². The highest BCUT2D eigenvalue weighted by molar-refractivity contribution is 5.92. The van der Waals surface area contributed by atoms with E-state index in [2.05, 4.69) is 15.3 Å². The van der Waals surface area contributed by atoms with Crippen molar-refractivity contribution in [3.05, 3.63) is 18.0 Å². The van der Waals surface area contributed by atoms with Crippen molar-refractivity contribution in [2.24, 2.45) is 11.8 Å². The van der Waals surface area contributed by atoms with Gasteiger partial charge in [0.15, 0.2) is 0 Å². The monoisotopic (exact) mass is 344 g/mol. The van der Waals surface area contributed by atoms with Gasteiger partial charge in [0, 0.05) is 19.3 Å². The van der Waals surface area contributed by atoms with Crippen LogP contribution in [0, 0.1) is 11.8 Å². The first-order valence-corrected chi connectivity index (χ1v) is 8.51. The number of amides is 1. The van der Waals surface area contributed by atoms with Crippen molar-refractivity contribution in [3.63, 3.8) is 0 Å². The van der Waals surface area contributed by atoms with Gasteiger partial charge in [0.05, 0.1) is 0 Å². The Morgan fingerprint density at radius 3 is 2.67 bits per heavy atom. The van der Waals surface area contributed by atoms with Gasteiger partial charge in [-0.2, -0.15) is 18.3 Å². The molecule has 134 valence electrons. The van der Waals surface area contributed by atoms with Crippen LogP contribution in [-0.2, 0) is 6.54 Å². The van der Waals surface area contributed by atoms with E-state index in [1.807, 2.05) is 0 Å². The molecule has 2 heterocycles. The van der Waals surface area contributed by atoms with Gasteiger partial charge in [-0.25, -0.2) is 0 Å². The average Bonchev–Trinajstić information content (AvgIpc) is 3.03. The third kappa shape index (κ3) is 4.72. The highest BCUT2D eigenvalue weighted by atomic mass is 19.4. The molecule has 8 heteroatoms. The molecule has 0 aromatic carbocycles. The zero-order chi connectivity index (χ0) is 17.2. The molecule has 1 aromatic rings. The Morgan fingerprint density at radius 2 is 2.04 bits per heavy atom. The number of nitrogens with one attached hydrogen (secondary N) is 1. The van der Waals surface area contributed by atoms with Crippen molar-refractivity contribution in [1.82, 2.24) is 20.0 Å². The Kier molecular flexibility index (Phi) is 5.12. The smallest absolute Gasteiger partial charge is 0.350 e. The topological polar surface area (TPSA) is 50.2 Å². The first-order valence-electron chi connectivity index (χ1n) is 8.51. The maximum Gasteiger partial charge on any atom is 0.408 e. The van der Waals surface area contributed by atoms with Crippen molar-refractivity contribution in [2.75, 3.05) is 26.2 Å². The Morgan fingerprint density at radius 1 is 1.33 bits per heavy atom. The summed E-state index contributed by atoms with van der Waals surface area (Å²) in [7, 11) is 0. The standard InChI is InChI=1S/C16H23F3N4O/c17-16(18,19)11-23-14(5-6-21-23)15(24)20-9-13(12-3-4-12)10-22-7-1-2-8-22/h5-6,12-13H,1-4,7-11H2,(H,20,24). The molecule has 1 aliphatic heterocycles. The lowest BCUT2D eigenvalue weighted by molar-refractivity contribution is -0.142. The zero-order valence-corrected chi connectivity index (χ0v) is 13.6. The molecule has 1 N–H and O–H groups in total. The molecule has 2 aliphatic rings. The molecule has 24 heavy (non-hydrogen) atoms. The molecule has 1 aromatic heterocycles. The number of carbonyl (C=O) groups excluding carboxylic acids is 1. The summed E-state index contributed by atoms with van der Waals surface area (Å²) in [6, 6.07) is 1.33. The van der Waals surface area contributed by atoms with Crippen LogP contribution in [0.1, 0.15) is 36.2 Å². The van der Waals surface area contributed by atoms with E-state index in [9.17, 15) is 18.0 Å². The minimum atomic E-state index is -4.40. The number of halogens is 3. The summed E-state index contributed by atoms with van der Waals surface area (Å²) in [5.41, 5.74) is -0.0388. The number of carbonyl (C=O) groups is 1. The molecule has 1 saturated carbocycles. The lowest BCUT2D eigenvalue weighted by Gasteiger charge is -2.23. The molecule has 1 aliphatic carbocycles. The van der Waals surface area contributed by atoms with Gasteiger partial charge in [0.2, 0.25) is 0 Å². The fourth-order valence-corrected chi connectivity index (χ4v) is 3.38. The van der Waals surface area contributed by atoms with Crippen molar-refractivity contribution in [3.8, 4) is 0 Å². The van der Waals surface area contributed by atoms with Gasteiger partial charge in [0.1, 0.15) is 12.2 Å². The van der Waals surface area contributed by atoms with Gasteiger partial charge in [-0.05, 0) is 56.7 Å². The van der Waals surface area contributed by atoms with E-state index >= 15 is 0 Å². The number of likely N-dealkylation sites (tertiary alicyclic amines) is 1. The second-order valence-corrected chi connectivity index (χ2v) is 6.80. The SMILES string of the molecule is O=C(NCC(CN1CCCC1)C1CC1)c1ccnn1CC(F)(F)F. The maximum atomic E-state index is 12.5. The van der Waals surface area contributed by atoms with Crippen molar-refractivity contribution in [1.29, 1.82) is 0 Å². The second-order valence-electron chi connectivity index (χ2n) is 6.80. The summed E-state index contributed by atoms with van der Waals surface area (Å²) in [6.45, 7) is 2.44. The number of hydrogen-bond donors (Lipinski definition) is 1. The molecule has 0 radical (unpaired) electrons. The van der Waals surface area contributed by atoms with E-state index < -0.39 is 18.6 Å². The fourth-order valence-electron chi connectivity index (χ4n) is 3.38. The Balaban J connectivity index is 1.55. The number of rotatable bonds is 7. The summed E-state index contributed by atoms with van der Waals surface area (Å²) < 4.78 is 38.3. The number of alkyl halides is 3. The largest absolute Gasteiger partial charge is 0.408 e. The molecule has 1 saturated heterocycles. The highest BCUT2D eigenvalue weighted by Crippen LogP contribution is 2.37. The van der Waals surface area contributed by atoms with Crippen LogP contribution >= 0.6 is 0 Å². The second kappa shape index (κ2) is 7.13. The molecular formula is C16H23F3N4O. The Bertz CT molecular complexity index is 562. The van der Waals surface area contributed by atoms with Gasteiger partial charge in [-0.1, -0.05) is 0 Å². The molecule has 1 amide bonds. The minimum Gasteiger partial charge on any atom is -0.350 e. The summed E-state index contributed by atoms with van der Waals surface area (Å²) >= 11 is 0. The van der Waals surface area contributed by atoms with Crippen LogP contribution in [0.25, 0.3) is 0 Å². The quantitative estimate of drug-likeness (QED) is 0.826. The van der Waals surface area contributed by atoms with Crippen molar-refractivity contribution >= 4 is 5.91 Å². The minimum absolute atomic E-state index is 0.0388. The van der Waals surface area contributed by atoms with Crippen LogP contribution in [0.3, 0.4) is 0 Å². The van der Waals surface area contributed by atoms with Gasteiger partial charge >= 0.3 is 6.18 Å². The predicted octanol–water partition coefficient (Wildman–Crippen LogP) is 2.30. The maximum absolute atomic E-state index is 12.5. The first-order chi connectivity index (χ1) is 11.4. The summed E-state index contributed by atoms with van der Waals surface area (Å²) in [5, 5.41) is 6.42. The van der Waals surface area contributed by atoms with Crippen LogP contribution in [-0.4, -0.2) is 52.9 Å². The number of hydrogen-bond acceptors (Lipinski definition) is 3. The van der Waals surface area contributed by atoms with Gasteiger partial charge < -0.3 is 10.2 Å². The van der Waals surface area contributed by atoms with Gasteiger partial charge in [-0.15, -0.1) is 0 Å². The van der Waals surface area contributed by atoms with Crippen molar-refractivity contribution < 1.29 is 18.0 Å². The molecule has 2 fully saturated rings. The molecule has 5 nitrogen and oxygen atoms in total. The molecule has 1 unspecified atom stereocenters. The number of nitrogens with zero attached hydrogens (tertiary/aromatic N) is 3. The summed E-state index contributed by atoms with van der Waals surface area (Å²) in [5.74, 6) is 0.529. The normalized spacial score (nSPS) is 20.3. The molecular weight excluding hydrogens is 321 g/mol. The Hall–Kier alpha value is -1.57. The lowest BCUT2D eigenvalue weighted by Crippen LogP contribution is -2.37. The zero-order valence-electron chi connectivity index (χ0n) is 13.6. The number of aromatic nitrogens is 2. The van der Waals surface area contributed by atoms with Crippen LogP contribution in [0.4, 0.5) is 13.2 Å². The van der Waals surface area contributed by atoms with Crippen LogP contribution in [0.15, 0.2) is 12.3 Å². The van der Waals surface area contributed by atoms with E-state index in [1.165, 1.54) is 37.9 Å². The van der Waals surface area contributed by atoms with Crippen LogP contribution in [0.5, 0.6) is 0 Å². The Labute approximate surface area is 139 Å². The summed E-state index contributed by atoms with van der Waals surface area (Å²) in [4.78, 5) is 14.7. The average molecular weight is 344 g/mol. The van der Waals surface area contributed by atoms with Crippen LogP contribution in [0.2, 0.25) is 0 Å². The molecule has 3 rings (SSSR count). The molecule has 0 spiro atoms. The molecule has 0 bridgehead atoms. The highest BCUT2D eigenvalue weighted by Gasteiger charge is 2.34. The fraction of sp³-hybridized carbons (Fsp3) is 0.750. The van der Waals surface area contributed by atoms with Gasteiger partial charge in [0.25, 0.3) is 5.91 Å². The van der Waals surface area contributed by atoms with E-state index in [1.54, 1.807) is 0 Å². The van der Waals surface area contributed by atoms with E-state index in [0.29, 0.717) is 23.1 Å². The lowest BCUT2D eigenvalue weighted by atomic mass is 10.0. The third-order valence-corrected chi connectivity index (χ3v) is 4.78. The molecule has 1 atom stereocenters. The van der Waals surface area contributed by atoms with Gasteiger partial charge in [-0.3, -0.25) is 9.48 Å². The van der Waals surface area contributed by atoms with E-state index in [0.717, 1.165) is 19.6 Å². The van der Waals surface area contributed by atoms with E-state index in [-0.39, 0.29) is 5.69 Å².